The Balaban J connectivity index is 2.55. The second-order valence-electron chi connectivity index (χ2n) is 2.16. The van der Waals surface area contributed by atoms with Gasteiger partial charge in [0.1, 0.15) is 0 Å². The molecule has 0 aliphatic carbocycles. The Hall–Kier alpha value is -0.590. The number of hydrogen-bond acceptors (Lipinski definition) is 1. The van der Waals surface area contributed by atoms with Gasteiger partial charge in [0.25, 0.3) is 0 Å². The van der Waals surface area contributed by atoms with Crippen LogP contribution in [0.1, 0.15) is 20.3 Å². The van der Waals surface area contributed by atoms with Crippen LogP contribution in [0.2, 0.25) is 0 Å². The summed E-state index contributed by atoms with van der Waals surface area (Å²) in [5, 5.41) is 0. The molecule has 1 nitrogen and oxygen atoms in total. The number of aliphatic imine (C=N–C) groups is 1. The molecule has 0 spiro atoms. The zero-order valence-electron chi connectivity index (χ0n) is 5.39. The molecule has 0 saturated carbocycles. The van der Waals surface area contributed by atoms with Gasteiger partial charge in [0.15, 0.2) is 0 Å². The molecule has 1 aliphatic rings. The SMILES string of the molecule is CCC1C=NC(C)=C1. The van der Waals surface area contributed by atoms with Crippen LogP contribution in [-0.2, 0) is 0 Å². The number of nitrogens with zero attached hydrogens (tertiary/aromatic N) is 1. The summed E-state index contributed by atoms with van der Waals surface area (Å²) < 4.78 is 0. The predicted octanol–water partition coefficient (Wildman–Crippen LogP) is 2.00. The number of rotatable bonds is 1. The van der Waals surface area contributed by atoms with Crippen LogP contribution >= 0.6 is 0 Å². The van der Waals surface area contributed by atoms with Crippen molar-refractivity contribution in [2.75, 3.05) is 0 Å². The first-order chi connectivity index (χ1) is 3.83. The summed E-state index contributed by atoms with van der Waals surface area (Å²) in [6.45, 7) is 4.21. The molecule has 44 valence electrons. The zero-order chi connectivity index (χ0) is 5.98. The summed E-state index contributed by atoms with van der Waals surface area (Å²) in [6, 6.07) is 0. The molecule has 0 fully saturated rings. The quantitative estimate of drug-likeness (QED) is 0.488. The van der Waals surface area contributed by atoms with E-state index in [2.05, 4.69) is 18.0 Å². The molecular formula is C7H11N. The summed E-state index contributed by atoms with van der Waals surface area (Å²) in [5.41, 5.74) is 1.16. The van der Waals surface area contributed by atoms with E-state index in [1.54, 1.807) is 0 Å². The Morgan fingerprint density at radius 2 is 2.50 bits per heavy atom. The zero-order valence-corrected chi connectivity index (χ0v) is 5.39. The fourth-order valence-corrected chi connectivity index (χ4v) is 0.832. The molecule has 1 heterocycles. The van der Waals surface area contributed by atoms with Crippen molar-refractivity contribution < 1.29 is 0 Å². The average Bonchev–Trinajstić information content (AvgIpc) is 2.14. The van der Waals surface area contributed by atoms with Gasteiger partial charge in [-0.25, -0.2) is 0 Å². The standard InChI is InChI=1S/C7H11N/c1-3-7-4-6(2)8-5-7/h4-5,7H,3H2,1-2H3. The van der Waals surface area contributed by atoms with Crippen LogP contribution in [0.3, 0.4) is 0 Å². The topological polar surface area (TPSA) is 12.4 Å². The van der Waals surface area contributed by atoms with E-state index in [1.807, 2.05) is 13.1 Å². The van der Waals surface area contributed by atoms with Crippen LogP contribution in [0.5, 0.6) is 0 Å². The molecule has 8 heavy (non-hydrogen) atoms. The van der Waals surface area contributed by atoms with E-state index in [1.165, 1.54) is 6.42 Å². The number of allylic oxidation sites excluding steroid dienone is 2. The average molecular weight is 109 g/mol. The van der Waals surface area contributed by atoms with Crippen molar-refractivity contribution in [3.63, 3.8) is 0 Å². The molecule has 1 aliphatic heterocycles. The number of hydrogen-bond donors (Lipinski definition) is 0. The van der Waals surface area contributed by atoms with Gasteiger partial charge in [-0.05, 0) is 13.3 Å². The van der Waals surface area contributed by atoms with Gasteiger partial charge in [-0.2, -0.15) is 0 Å². The second-order valence-corrected chi connectivity index (χ2v) is 2.16. The highest BCUT2D eigenvalue weighted by molar-refractivity contribution is 5.67. The molecular weight excluding hydrogens is 98.1 g/mol. The van der Waals surface area contributed by atoms with Crippen LogP contribution in [0.25, 0.3) is 0 Å². The van der Waals surface area contributed by atoms with Crippen molar-refractivity contribution in [2.24, 2.45) is 10.9 Å². The molecule has 1 atom stereocenters. The van der Waals surface area contributed by atoms with E-state index >= 15 is 0 Å². The van der Waals surface area contributed by atoms with Crippen molar-refractivity contribution >= 4 is 6.21 Å². The van der Waals surface area contributed by atoms with Gasteiger partial charge in [0.2, 0.25) is 0 Å². The third-order valence-corrected chi connectivity index (χ3v) is 1.40. The van der Waals surface area contributed by atoms with Crippen molar-refractivity contribution in [1.29, 1.82) is 0 Å². The van der Waals surface area contributed by atoms with Gasteiger partial charge >= 0.3 is 0 Å². The van der Waals surface area contributed by atoms with Gasteiger partial charge in [-0.15, -0.1) is 0 Å². The maximum absolute atomic E-state index is 4.12. The fraction of sp³-hybridized carbons (Fsp3) is 0.571. The highest BCUT2D eigenvalue weighted by atomic mass is 14.7. The largest absolute Gasteiger partial charge is 0.266 e. The molecule has 0 radical (unpaired) electrons. The smallest absolute Gasteiger partial charge is 0.0335 e. The lowest BCUT2D eigenvalue weighted by atomic mass is 10.1. The fourth-order valence-electron chi connectivity index (χ4n) is 0.832. The van der Waals surface area contributed by atoms with Crippen molar-refractivity contribution in [1.82, 2.24) is 0 Å². The van der Waals surface area contributed by atoms with Crippen LogP contribution in [0.4, 0.5) is 0 Å². The van der Waals surface area contributed by atoms with Crippen molar-refractivity contribution in [3.05, 3.63) is 11.8 Å². The molecule has 0 aromatic rings. The molecule has 1 rings (SSSR count). The third-order valence-electron chi connectivity index (χ3n) is 1.40. The van der Waals surface area contributed by atoms with Gasteiger partial charge < -0.3 is 0 Å². The van der Waals surface area contributed by atoms with E-state index in [4.69, 9.17) is 0 Å². The van der Waals surface area contributed by atoms with E-state index < -0.39 is 0 Å². The first kappa shape index (κ1) is 5.54. The summed E-state index contributed by atoms with van der Waals surface area (Å²) >= 11 is 0. The third kappa shape index (κ3) is 0.971. The molecule has 0 saturated heterocycles. The minimum atomic E-state index is 0.620. The lowest BCUT2D eigenvalue weighted by Crippen LogP contribution is -1.88. The van der Waals surface area contributed by atoms with Gasteiger partial charge in [-0.3, -0.25) is 4.99 Å². The highest BCUT2D eigenvalue weighted by Crippen LogP contribution is 2.12. The van der Waals surface area contributed by atoms with Crippen molar-refractivity contribution in [2.45, 2.75) is 20.3 Å². The van der Waals surface area contributed by atoms with E-state index in [0.29, 0.717) is 5.92 Å². The van der Waals surface area contributed by atoms with Gasteiger partial charge in [-0.1, -0.05) is 13.0 Å². The van der Waals surface area contributed by atoms with Crippen molar-refractivity contribution in [3.8, 4) is 0 Å². The molecule has 0 amide bonds. The maximum atomic E-state index is 4.12. The lowest BCUT2D eigenvalue weighted by molar-refractivity contribution is 0.840. The van der Waals surface area contributed by atoms with E-state index in [9.17, 15) is 0 Å². The summed E-state index contributed by atoms with van der Waals surface area (Å²) in [5.74, 6) is 0.620. The Bertz CT molecular complexity index is 133. The minimum absolute atomic E-state index is 0.620. The van der Waals surface area contributed by atoms with Gasteiger partial charge in [0, 0.05) is 17.8 Å². The molecule has 0 aromatic carbocycles. The van der Waals surface area contributed by atoms with Crippen LogP contribution in [0, 0.1) is 5.92 Å². The van der Waals surface area contributed by atoms with Crippen LogP contribution in [0.15, 0.2) is 16.8 Å². The van der Waals surface area contributed by atoms with Crippen LogP contribution < -0.4 is 0 Å². The van der Waals surface area contributed by atoms with Crippen LogP contribution in [-0.4, -0.2) is 6.21 Å². The minimum Gasteiger partial charge on any atom is -0.266 e. The monoisotopic (exact) mass is 109 g/mol. The second kappa shape index (κ2) is 2.12. The Kier molecular flexibility index (Phi) is 1.47. The van der Waals surface area contributed by atoms with E-state index in [-0.39, 0.29) is 0 Å². The lowest BCUT2D eigenvalue weighted by Gasteiger charge is -1.92. The first-order valence-electron chi connectivity index (χ1n) is 3.05. The molecule has 1 unspecified atom stereocenters. The normalized spacial score (nSPS) is 26.2. The maximum Gasteiger partial charge on any atom is 0.0335 e. The summed E-state index contributed by atoms with van der Waals surface area (Å²) in [7, 11) is 0. The summed E-state index contributed by atoms with van der Waals surface area (Å²) in [4.78, 5) is 4.12. The highest BCUT2D eigenvalue weighted by Gasteiger charge is 2.03. The Labute approximate surface area is 50.1 Å². The Morgan fingerprint density at radius 1 is 1.75 bits per heavy atom. The van der Waals surface area contributed by atoms with E-state index in [0.717, 1.165) is 5.70 Å². The predicted molar refractivity (Wildman–Crippen MR) is 36.0 cm³/mol. The first-order valence-corrected chi connectivity index (χ1v) is 3.05. The molecule has 0 aromatic heterocycles. The van der Waals surface area contributed by atoms with Gasteiger partial charge in [0.05, 0.1) is 0 Å². The Morgan fingerprint density at radius 3 is 2.75 bits per heavy atom. The summed E-state index contributed by atoms with van der Waals surface area (Å²) in [6.07, 6.45) is 5.39. The molecule has 0 N–H and O–H groups in total. The molecule has 0 bridgehead atoms. The molecule has 1 heteroatoms.